The number of nitrogens with one attached hydrogen (secondary N) is 2. The Morgan fingerprint density at radius 1 is 0.493 bits per heavy atom. The Morgan fingerprint density at radius 2 is 0.896 bits per heavy atom. The molecule has 1 atom stereocenters. The van der Waals surface area contributed by atoms with E-state index in [4.69, 9.17) is 61.6 Å². The number of ether oxygens (including phenoxy) is 13. The molecular formula is C46H67N3O18. The zero-order valence-electron chi connectivity index (χ0n) is 38.3. The molecule has 2 aromatic rings. The third-order valence-electron chi connectivity index (χ3n) is 9.59. The van der Waals surface area contributed by atoms with Crippen molar-refractivity contribution in [1.82, 2.24) is 10.2 Å². The van der Waals surface area contributed by atoms with E-state index in [1.54, 1.807) is 42.5 Å². The van der Waals surface area contributed by atoms with E-state index in [0.29, 0.717) is 176 Å². The van der Waals surface area contributed by atoms with Gasteiger partial charge < -0.3 is 66.9 Å². The van der Waals surface area contributed by atoms with E-state index in [0.717, 1.165) is 4.90 Å². The number of imide groups is 2. The smallest absolute Gasteiger partial charge is 0.338 e. The minimum atomic E-state index is -1.02. The minimum absolute atomic E-state index is 0.0607. The lowest BCUT2D eigenvalue weighted by atomic mass is 10.0. The number of rotatable bonds is 42. The number of carbonyl (C=O) groups is 5. The van der Waals surface area contributed by atoms with E-state index >= 15 is 0 Å². The van der Waals surface area contributed by atoms with Crippen LogP contribution in [-0.4, -0.2) is 212 Å². The summed E-state index contributed by atoms with van der Waals surface area (Å²) in [6.45, 7) is 10.9. The van der Waals surface area contributed by atoms with Crippen molar-refractivity contribution >= 4 is 35.3 Å². The second-order valence-corrected chi connectivity index (χ2v) is 14.5. The normalized spacial score (nSPS) is 14.7. The first kappa shape index (κ1) is 55.1. The van der Waals surface area contributed by atoms with Crippen LogP contribution in [0, 0.1) is 0 Å². The van der Waals surface area contributed by atoms with Crippen LogP contribution in [0.2, 0.25) is 0 Å². The highest BCUT2D eigenvalue weighted by molar-refractivity contribution is 6.25. The van der Waals surface area contributed by atoms with Crippen molar-refractivity contribution in [1.29, 1.82) is 0 Å². The summed E-state index contributed by atoms with van der Waals surface area (Å²) in [6, 6.07) is 12.7. The highest BCUT2D eigenvalue weighted by Gasteiger charge is 2.45. The number of hydrogen-bond donors (Lipinski definition) is 2. The van der Waals surface area contributed by atoms with Crippen LogP contribution in [0.25, 0.3) is 0 Å². The van der Waals surface area contributed by atoms with Gasteiger partial charge in [-0.25, -0.2) is 4.79 Å². The van der Waals surface area contributed by atoms with Crippen LogP contribution in [0.3, 0.4) is 0 Å². The quantitative estimate of drug-likeness (QED) is 0.0546. The highest BCUT2D eigenvalue weighted by Crippen LogP contribution is 2.32. The molecule has 2 aliphatic heterocycles. The van der Waals surface area contributed by atoms with Gasteiger partial charge in [0.15, 0.2) is 0 Å². The first-order chi connectivity index (χ1) is 33.0. The number of piperidine rings is 1. The van der Waals surface area contributed by atoms with Gasteiger partial charge >= 0.3 is 5.97 Å². The Balaban J connectivity index is 0.782. The van der Waals surface area contributed by atoms with Crippen molar-refractivity contribution in [2.45, 2.75) is 18.9 Å². The molecule has 374 valence electrons. The molecule has 4 rings (SSSR count). The third-order valence-corrected chi connectivity index (χ3v) is 9.59. The molecule has 0 bridgehead atoms. The summed E-state index contributed by atoms with van der Waals surface area (Å²) < 4.78 is 71.1. The summed E-state index contributed by atoms with van der Waals surface area (Å²) in [5.74, 6) is -2.55. The van der Waals surface area contributed by atoms with E-state index in [9.17, 15) is 24.0 Å². The van der Waals surface area contributed by atoms with E-state index in [-0.39, 0.29) is 36.5 Å². The van der Waals surface area contributed by atoms with Gasteiger partial charge in [-0.15, -0.1) is 0 Å². The standard InChI is InChI=1S/C46H67N3O18/c50-41-10-9-40(43(51)48-41)49-44(52)38-7-4-8-39(42(38)45(49)53)47-11-12-55-13-14-56-15-16-57-17-18-58-19-20-59-21-22-60-23-24-61-25-26-62-27-28-63-29-30-64-31-32-65-33-34-66-35-36-67-46(54)37-5-2-1-3-6-37/h1-8,40,47H,9-36H2,(H,48,50,51). The summed E-state index contributed by atoms with van der Waals surface area (Å²) in [5, 5.41) is 5.33. The predicted molar refractivity (Wildman–Crippen MR) is 238 cm³/mol. The van der Waals surface area contributed by atoms with Crippen molar-refractivity contribution in [3.63, 3.8) is 0 Å². The lowest BCUT2D eigenvalue weighted by Crippen LogP contribution is -2.54. The molecule has 2 heterocycles. The van der Waals surface area contributed by atoms with Gasteiger partial charge in [-0.2, -0.15) is 0 Å². The maximum Gasteiger partial charge on any atom is 0.338 e. The summed E-state index contributed by atoms with van der Waals surface area (Å²) in [5.41, 5.74) is 1.41. The van der Waals surface area contributed by atoms with Crippen molar-refractivity contribution in [2.75, 3.05) is 177 Å². The molecule has 0 aliphatic carbocycles. The summed E-state index contributed by atoms with van der Waals surface area (Å²) in [6.07, 6.45) is 0.159. The monoisotopic (exact) mass is 949 g/mol. The number of nitrogens with zero attached hydrogens (tertiary/aromatic N) is 1. The predicted octanol–water partition coefficient (Wildman–Crippen LogP) is 1.56. The second-order valence-electron chi connectivity index (χ2n) is 14.5. The van der Waals surface area contributed by atoms with Crippen molar-refractivity contribution in [3.05, 3.63) is 65.2 Å². The maximum absolute atomic E-state index is 13.2. The minimum Gasteiger partial charge on any atom is -0.460 e. The molecule has 1 fully saturated rings. The lowest BCUT2D eigenvalue weighted by molar-refractivity contribution is -0.136. The molecule has 0 radical (unpaired) electrons. The molecule has 2 aliphatic rings. The lowest BCUT2D eigenvalue weighted by Gasteiger charge is -2.27. The molecule has 67 heavy (non-hydrogen) atoms. The zero-order valence-corrected chi connectivity index (χ0v) is 38.3. The van der Waals surface area contributed by atoms with Gasteiger partial charge in [0, 0.05) is 18.7 Å². The molecule has 0 spiro atoms. The topological polar surface area (TPSA) is 233 Å². The van der Waals surface area contributed by atoms with Gasteiger partial charge in [0.25, 0.3) is 11.8 Å². The van der Waals surface area contributed by atoms with Crippen LogP contribution < -0.4 is 10.6 Å². The SMILES string of the molecule is O=C1CCC(N2C(=O)c3cccc(NCCOCCOCCOCCOCCOCCOCCOCCOCCOCCOCCOCCOCCOC(=O)c4ccccc4)c3C2=O)C(=O)N1. The largest absolute Gasteiger partial charge is 0.460 e. The number of esters is 1. The van der Waals surface area contributed by atoms with E-state index < -0.39 is 29.7 Å². The summed E-state index contributed by atoms with van der Waals surface area (Å²) in [7, 11) is 0. The van der Waals surface area contributed by atoms with Crippen LogP contribution in [0.15, 0.2) is 48.5 Å². The molecule has 2 N–H and O–H groups in total. The third kappa shape index (κ3) is 22.9. The Bertz CT molecular complexity index is 1710. The first-order valence-corrected chi connectivity index (χ1v) is 22.7. The van der Waals surface area contributed by atoms with Gasteiger partial charge in [-0.3, -0.25) is 29.4 Å². The number of carbonyl (C=O) groups excluding carboxylic acids is 5. The van der Waals surface area contributed by atoms with Crippen LogP contribution in [0.4, 0.5) is 5.69 Å². The maximum atomic E-state index is 13.2. The molecule has 1 unspecified atom stereocenters. The van der Waals surface area contributed by atoms with Gasteiger partial charge in [-0.05, 0) is 30.7 Å². The fourth-order valence-corrected chi connectivity index (χ4v) is 6.29. The van der Waals surface area contributed by atoms with Crippen LogP contribution >= 0.6 is 0 Å². The summed E-state index contributed by atoms with van der Waals surface area (Å²) in [4.78, 5) is 62.8. The Morgan fingerprint density at radius 3 is 1.31 bits per heavy atom. The fourth-order valence-electron chi connectivity index (χ4n) is 6.29. The number of benzene rings is 2. The van der Waals surface area contributed by atoms with Gasteiger partial charge in [0.1, 0.15) is 12.6 Å². The molecule has 21 nitrogen and oxygen atoms in total. The van der Waals surface area contributed by atoms with Gasteiger partial charge in [0.05, 0.1) is 175 Å². The summed E-state index contributed by atoms with van der Waals surface area (Å²) >= 11 is 0. The van der Waals surface area contributed by atoms with E-state index in [1.807, 2.05) is 6.07 Å². The van der Waals surface area contributed by atoms with Crippen molar-refractivity contribution in [3.8, 4) is 0 Å². The average Bonchev–Trinajstić information content (AvgIpc) is 3.59. The molecule has 1 saturated heterocycles. The molecule has 2 aromatic carbocycles. The number of anilines is 1. The van der Waals surface area contributed by atoms with Gasteiger partial charge in [-0.1, -0.05) is 24.3 Å². The number of amides is 4. The van der Waals surface area contributed by atoms with Crippen molar-refractivity contribution in [2.24, 2.45) is 0 Å². The van der Waals surface area contributed by atoms with Gasteiger partial charge in [0.2, 0.25) is 11.8 Å². The highest BCUT2D eigenvalue weighted by atomic mass is 16.6. The Kier molecular flexibility index (Phi) is 29.3. The van der Waals surface area contributed by atoms with Crippen LogP contribution in [-0.2, 0) is 71.2 Å². The number of fused-ring (bicyclic) bond motifs is 1. The molecule has 0 saturated carbocycles. The van der Waals surface area contributed by atoms with Crippen molar-refractivity contribution < 1.29 is 85.6 Å². The molecular weight excluding hydrogens is 883 g/mol. The number of hydrogen-bond acceptors (Lipinski definition) is 19. The first-order valence-electron chi connectivity index (χ1n) is 22.7. The fraction of sp³-hybridized carbons (Fsp3) is 0.630. The zero-order chi connectivity index (χ0) is 47.4. The van der Waals surface area contributed by atoms with E-state index in [1.165, 1.54) is 0 Å². The molecule has 21 heteroatoms. The van der Waals surface area contributed by atoms with Crippen LogP contribution in [0.1, 0.15) is 43.9 Å². The Hall–Kier alpha value is -4.49. The molecule has 4 amide bonds. The van der Waals surface area contributed by atoms with Crippen LogP contribution in [0.5, 0.6) is 0 Å². The van der Waals surface area contributed by atoms with E-state index in [2.05, 4.69) is 10.6 Å². The second kappa shape index (κ2) is 35.6. The average molecular weight is 950 g/mol. The Labute approximate surface area is 391 Å². The molecule has 0 aromatic heterocycles.